The van der Waals surface area contributed by atoms with E-state index in [1.165, 1.54) is 18.5 Å². The predicted molar refractivity (Wildman–Crippen MR) is 85.2 cm³/mol. The third-order valence-electron chi connectivity index (χ3n) is 4.26. The van der Waals surface area contributed by atoms with E-state index in [1.54, 1.807) is 0 Å². The summed E-state index contributed by atoms with van der Waals surface area (Å²) in [7, 11) is 0. The first-order chi connectivity index (χ1) is 10.4. The third-order valence-corrected chi connectivity index (χ3v) is 4.26. The van der Waals surface area contributed by atoms with Gasteiger partial charge in [-0.25, -0.2) is 0 Å². The molecule has 4 heteroatoms. The molecule has 0 spiro atoms. The highest BCUT2D eigenvalue weighted by Gasteiger charge is 2.15. The van der Waals surface area contributed by atoms with Gasteiger partial charge in [0.1, 0.15) is 5.75 Å². The molecule has 3 rings (SSSR count). The van der Waals surface area contributed by atoms with Crippen LogP contribution in [0.25, 0.3) is 0 Å². The standard InChI is InChI=1S/C17H26N2O2/c1-4-15(19-10-8-18-9-11-19)14-17(5-1)21-13-3-7-16-6-2-12-20-16/h1,4-5,14,16,18H,2-3,6-13H2. The zero-order valence-corrected chi connectivity index (χ0v) is 12.7. The lowest BCUT2D eigenvalue weighted by atomic mass is 10.1. The van der Waals surface area contributed by atoms with Crippen molar-refractivity contribution in [3.63, 3.8) is 0 Å². The maximum Gasteiger partial charge on any atom is 0.121 e. The average Bonchev–Trinajstić information content (AvgIpc) is 3.06. The zero-order chi connectivity index (χ0) is 14.3. The van der Waals surface area contributed by atoms with Crippen LogP contribution in [0, 0.1) is 0 Å². The van der Waals surface area contributed by atoms with Gasteiger partial charge in [-0.15, -0.1) is 0 Å². The smallest absolute Gasteiger partial charge is 0.121 e. The van der Waals surface area contributed by atoms with Crippen molar-refractivity contribution >= 4 is 5.69 Å². The van der Waals surface area contributed by atoms with Crippen molar-refractivity contribution in [2.45, 2.75) is 31.8 Å². The van der Waals surface area contributed by atoms with Crippen molar-refractivity contribution in [1.82, 2.24) is 5.32 Å². The maximum atomic E-state index is 5.90. The minimum atomic E-state index is 0.473. The molecule has 2 heterocycles. The van der Waals surface area contributed by atoms with Crippen molar-refractivity contribution in [3.05, 3.63) is 24.3 Å². The Kier molecular flexibility index (Phi) is 5.35. The Morgan fingerprint density at radius 2 is 2.19 bits per heavy atom. The van der Waals surface area contributed by atoms with Crippen LogP contribution < -0.4 is 15.0 Å². The highest BCUT2D eigenvalue weighted by molar-refractivity contribution is 5.51. The maximum absolute atomic E-state index is 5.90. The Morgan fingerprint density at radius 3 is 3.00 bits per heavy atom. The zero-order valence-electron chi connectivity index (χ0n) is 12.7. The summed E-state index contributed by atoms with van der Waals surface area (Å²) in [6.45, 7) is 5.99. The summed E-state index contributed by atoms with van der Waals surface area (Å²) in [6, 6.07) is 8.48. The minimum Gasteiger partial charge on any atom is -0.494 e. The van der Waals surface area contributed by atoms with E-state index >= 15 is 0 Å². The lowest BCUT2D eigenvalue weighted by molar-refractivity contribution is 0.0981. The number of anilines is 1. The molecule has 1 aromatic carbocycles. The van der Waals surface area contributed by atoms with E-state index in [0.717, 1.165) is 58.0 Å². The van der Waals surface area contributed by atoms with Crippen molar-refractivity contribution in [3.8, 4) is 5.75 Å². The topological polar surface area (TPSA) is 33.7 Å². The van der Waals surface area contributed by atoms with Gasteiger partial charge >= 0.3 is 0 Å². The van der Waals surface area contributed by atoms with Crippen LogP contribution in [0.5, 0.6) is 5.75 Å². The molecule has 0 bridgehead atoms. The van der Waals surface area contributed by atoms with Crippen molar-refractivity contribution in [2.24, 2.45) is 0 Å². The van der Waals surface area contributed by atoms with E-state index in [0.29, 0.717) is 6.10 Å². The first kappa shape index (κ1) is 14.7. The quantitative estimate of drug-likeness (QED) is 0.816. The summed E-state index contributed by atoms with van der Waals surface area (Å²) in [5.41, 5.74) is 1.27. The molecule has 2 saturated heterocycles. The molecule has 1 atom stereocenters. The van der Waals surface area contributed by atoms with Gasteiger partial charge in [-0.1, -0.05) is 6.07 Å². The molecule has 2 fully saturated rings. The van der Waals surface area contributed by atoms with Crippen LogP contribution in [0.1, 0.15) is 25.7 Å². The molecule has 0 aliphatic carbocycles. The summed E-state index contributed by atoms with van der Waals surface area (Å²) >= 11 is 0. The summed E-state index contributed by atoms with van der Waals surface area (Å²) in [5, 5.41) is 3.38. The van der Waals surface area contributed by atoms with E-state index in [-0.39, 0.29) is 0 Å². The molecule has 0 saturated carbocycles. The predicted octanol–water partition coefficient (Wildman–Crippen LogP) is 2.43. The number of hydrogen-bond donors (Lipinski definition) is 1. The van der Waals surface area contributed by atoms with Crippen molar-refractivity contribution in [2.75, 3.05) is 44.3 Å². The molecule has 21 heavy (non-hydrogen) atoms. The number of benzene rings is 1. The van der Waals surface area contributed by atoms with Crippen LogP contribution in [0.3, 0.4) is 0 Å². The molecule has 1 aromatic rings. The van der Waals surface area contributed by atoms with Gasteiger partial charge < -0.3 is 19.7 Å². The van der Waals surface area contributed by atoms with Gasteiger partial charge in [-0.3, -0.25) is 0 Å². The Labute approximate surface area is 127 Å². The van der Waals surface area contributed by atoms with E-state index in [1.807, 2.05) is 0 Å². The van der Waals surface area contributed by atoms with Crippen molar-refractivity contribution < 1.29 is 9.47 Å². The lowest BCUT2D eigenvalue weighted by Crippen LogP contribution is -2.43. The average molecular weight is 290 g/mol. The highest BCUT2D eigenvalue weighted by Crippen LogP contribution is 2.22. The van der Waals surface area contributed by atoms with Gasteiger partial charge in [0.15, 0.2) is 0 Å². The van der Waals surface area contributed by atoms with Gasteiger partial charge in [0, 0.05) is 44.5 Å². The fourth-order valence-electron chi connectivity index (χ4n) is 3.07. The monoisotopic (exact) mass is 290 g/mol. The molecule has 4 nitrogen and oxygen atoms in total. The Balaban J connectivity index is 1.44. The van der Waals surface area contributed by atoms with Crippen LogP contribution in [0.4, 0.5) is 5.69 Å². The molecule has 116 valence electrons. The SMILES string of the molecule is c1cc(OCCCC2CCCO2)cc(N2CCNCC2)c1. The molecular formula is C17H26N2O2. The number of piperazine rings is 1. The summed E-state index contributed by atoms with van der Waals surface area (Å²) < 4.78 is 11.5. The normalized spacial score (nSPS) is 22.5. The fourth-order valence-corrected chi connectivity index (χ4v) is 3.07. The minimum absolute atomic E-state index is 0.473. The number of hydrogen-bond acceptors (Lipinski definition) is 4. The molecule has 1 unspecified atom stereocenters. The lowest BCUT2D eigenvalue weighted by Gasteiger charge is -2.29. The van der Waals surface area contributed by atoms with Gasteiger partial charge in [0.2, 0.25) is 0 Å². The highest BCUT2D eigenvalue weighted by atomic mass is 16.5. The summed E-state index contributed by atoms with van der Waals surface area (Å²) in [4.78, 5) is 2.41. The van der Waals surface area contributed by atoms with E-state index in [2.05, 4.69) is 34.5 Å². The number of ether oxygens (including phenoxy) is 2. The van der Waals surface area contributed by atoms with Gasteiger partial charge in [0.05, 0.1) is 12.7 Å². The number of rotatable bonds is 6. The molecule has 0 radical (unpaired) electrons. The van der Waals surface area contributed by atoms with Crippen LogP contribution in [0.2, 0.25) is 0 Å². The fraction of sp³-hybridized carbons (Fsp3) is 0.647. The van der Waals surface area contributed by atoms with Gasteiger partial charge in [0.25, 0.3) is 0 Å². The third kappa shape index (κ3) is 4.35. The van der Waals surface area contributed by atoms with Gasteiger partial charge in [-0.05, 0) is 37.8 Å². The Hall–Kier alpha value is -1.26. The molecule has 1 N–H and O–H groups in total. The van der Waals surface area contributed by atoms with Crippen LogP contribution in [-0.2, 0) is 4.74 Å². The van der Waals surface area contributed by atoms with Crippen molar-refractivity contribution in [1.29, 1.82) is 0 Å². The molecule has 2 aliphatic heterocycles. The summed E-state index contributed by atoms with van der Waals surface area (Å²) in [6.07, 6.45) is 5.11. The van der Waals surface area contributed by atoms with Crippen LogP contribution in [-0.4, -0.2) is 45.5 Å². The second kappa shape index (κ2) is 7.66. The van der Waals surface area contributed by atoms with Crippen LogP contribution in [0.15, 0.2) is 24.3 Å². The number of nitrogens with one attached hydrogen (secondary N) is 1. The Morgan fingerprint density at radius 1 is 1.29 bits per heavy atom. The van der Waals surface area contributed by atoms with Crippen LogP contribution >= 0.6 is 0 Å². The summed E-state index contributed by atoms with van der Waals surface area (Å²) in [5.74, 6) is 0.985. The molecule has 0 amide bonds. The number of nitrogens with zero attached hydrogens (tertiary/aromatic N) is 1. The molecule has 2 aliphatic rings. The van der Waals surface area contributed by atoms with E-state index in [4.69, 9.17) is 9.47 Å². The largest absolute Gasteiger partial charge is 0.494 e. The second-order valence-electron chi connectivity index (χ2n) is 5.86. The first-order valence-electron chi connectivity index (χ1n) is 8.22. The van der Waals surface area contributed by atoms with E-state index in [9.17, 15) is 0 Å². The second-order valence-corrected chi connectivity index (χ2v) is 5.86. The Bertz CT molecular complexity index is 427. The first-order valence-corrected chi connectivity index (χ1v) is 8.22. The van der Waals surface area contributed by atoms with E-state index < -0.39 is 0 Å². The van der Waals surface area contributed by atoms with Gasteiger partial charge in [-0.2, -0.15) is 0 Å². The molecule has 0 aromatic heterocycles. The molecular weight excluding hydrogens is 264 g/mol.